The molecule has 0 unspecified atom stereocenters. The van der Waals surface area contributed by atoms with Gasteiger partial charge in [-0.2, -0.15) is 0 Å². The summed E-state index contributed by atoms with van der Waals surface area (Å²) in [6, 6.07) is 8.14. The number of aromatic nitrogens is 3. The van der Waals surface area contributed by atoms with Crippen molar-refractivity contribution in [1.82, 2.24) is 15.0 Å². The van der Waals surface area contributed by atoms with Gasteiger partial charge in [0.2, 0.25) is 0 Å². The Kier molecular flexibility index (Phi) is 3.06. The molecule has 1 aromatic carbocycles. The quantitative estimate of drug-likeness (QED) is 0.776. The van der Waals surface area contributed by atoms with Gasteiger partial charge in [-0.15, -0.1) is 0 Å². The van der Waals surface area contributed by atoms with Crippen molar-refractivity contribution in [3.8, 4) is 11.3 Å². The molecule has 2 aromatic heterocycles. The first kappa shape index (κ1) is 11.6. The number of hydrogen-bond donors (Lipinski definition) is 1. The smallest absolute Gasteiger partial charge is 0.145 e. The maximum atomic E-state index is 4.58. The van der Waals surface area contributed by atoms with Crippen molar-refractivity contribution in [2.45, 2.75) is 6.92 Å². The van der Waals surface area contributed by atoms with Crippen molar-refractivity contribution in [3.05, 3.63) is 49.1 Å². The van der Waals surface area contributed by atoms with Crippen LogP contribution in [0.1, 0.15) is 6.92 Å². The molecule has 1 N–H and O–H groups in total. The van der Waals surface area contributed by atoms with E-state index < -0.39 is 0 Å². The Bertz CT molecular complexity index is 704. The van der Waals surface area contributed by atoms with E-state index in [2.05, 4.69) is 26.3 Å². The van der Waals surface area contributed by atoms with E-state index in [4.69, 9.17) is 0 Å². The summed E-state index contributed by atoms with van der Waals surface area (Å²) in [5.41, 5.74) is 1.91. The Hall–Kier alpha value is -2.49. The zero-order valence-electron chi connectivity index (χ0n) is 10.7. The molecule has 2 heterocycles. The van der Waals surface area contributed by atoms with Gasteiger partial charge in [0, 0.05) is 29.9 Å². The summed E-state index contributed by atoms with van der Waals surface area (Å²) in [6.45, 7) is 2.87. The molecule has 4 heteroatoms. The predicted molar refractivity (Wildman–Crippen MR) is 76.9 cm³/mol. The monoisotopic (exact) mass is 250 g/mol. The van der Waals surface area contributed by atoms with Gasteiger partial charge in [0.1, 0.15) is 5.82 Å². The van der Waals surface area contributed by atoms with E-state index in [-0.39, 0.29) is 0 Å². The number of benzene rings is 1. The zero-order valence-corrected chi connectivity index (χ0v) is 10.7. The van der Waals surface area contributed by atoms with Gasteiger partial charge in [-0.25, -0.2) is 4.98 Å². The second-order valence-electron chi connectivity index (χ2n) is 4.22. The first-order valence-corrected chi connectivity index (χ1v) is 6.27. The number of fused-ring (bicyclic) bond motifs is 1. The van der Waals surface area contributed by atoms with Gasteiger partial charge in [-0.3, -0.25) is 9.97 Å². The summed E-state index contributed by atoms with van der Waals surface area (Å²) in [5.74, 6) is 0.792. The van der Waals surface area contributed by atoms with Crippen LogP contribution in [-0.4, -0.2) is 21.5 Å². The van der Waals surface area contributed by atoms with E-state index >= 15 is 0 Å². The summed E-state index contributed by atoms with van der Waals surface area (Å²) < 4.78 is 0. The average molecular weight is 250 g/mol. The van der Waals surface area contributed by atoms with Gasteiger partial charge in [0.25, 0.3) is 0 Å². The van der Waals surface area contributed by atoms with Crippen molar-refractivity contribution in [2.75, 3.05) is 11.9 Å². The van der Waals surface area contributed by atoms with Crippen LogP contribution in [0, 0.1) is 0 Å². The normalized spacial score (nSPS) is 10.6. The lowest BCUT2D eigenvalue weighted by molar-refractivity contribution is 1.13. The van der Waals surface area contributed by atoms with Gasteiger partial charge >= 0.3 is 0 Å². The van der Waals surface area contributed by atoms with Crippen LogP contribution in [0.5, 0.6) is 0 Å². The second kappa shape index (κ2) is 5.02. The van der Waals surface area contributed by atoms with Crippen LogP contribution >= 0.6 is 0 Å². The second-order valence-corrected chi connectivity index (χ2v) is 4.22. The van der Waals surface area contributed by atoms with Gasteiger partial charge in [-0.05, 0) is 18.4 Å². The lowest BCUT2D eigenvalue weighted by atomic mass is 10.0. The molecule has 0 aliphatic carbocycles. The number of nitrogens with zero attached hydrogens (tertiary/aromatic N) is 3. The zero-order chi connectivity index (χ0) is 13.1. The van der Waals surface area contributed by atoms with E-state index in [9.17, 15) is 0 Å². The van der Waals surface area contributed by atoms with Crippen LogP contribution in [0.4, 0.5) is 5.82 Å². The molecule has 0 saturated carbocycles. The Labute approximate surface area is 111 Å². The lowest BCUT2D eigenvalue weighted by Crippen LogP contribution is -2.00. The van der Waals surface area contributed by atoms with E-state index in [0.717, 1.165) is 34.4 Å². The minimum absolute atomic E-state index is 0.792. The fourth-order valence-electron chi connectivity index (χ4n) is 2.10. The molecule has 4 nitrogen and oxygen atoms in total. The third-order valence-corrected chi connectivity index (χ3v) is 2.95. The molecule has 94 valence electrons. The molecule has 19 heavy (non-hydrogen) atoms. The Morgan fingerprint density at radius 2 is 2.00 bits per heavy atom. The number of hydrogen-bond acceptors (Lipinski definition) is 4. The van der Waals surface area contributed by atoms with Gasteiger partial charge in [0.15, 0.2) is 0 Å². The topological polar surface area (TPSA) is 50.7 Å². The Balaban J connectivity index is 2.16. The molecule has 0 aliphatic rings. The minimum Gasteiger partial charge on any atom is -0.369 e. The standard InChI is InChI=1S/C15H14N4/c1-2-18-15-10-17-9-14(19-15)12-5-3-4-11-6-7-16-8-13(11)12/h3-10H,2H2,1H3,(H,18,19). The highest BCUT2D eigenvalue weighted by Gasteiger charge is 2.06. The SMILES string of the molecule is CCNc1cncc(-c2cccc3ccncc23)n1. The molecule has 0 radical (unpaired) electrons. The summed E-state index contributed by atoms with van der Waals surface area (Å²) in [5, 5.41) is 5.42. The highest BCUT2D eigenvalue weighted by Crippen LogP contribution is 2.26. The van der Waals surface area contributed by atoms with Crippen LogP contribution in [0.3, 0.4) is 0 Å². The van der Waals surface area contributed by atoms with Crippen LogP contribution in [0.25, 0.3) is 22.0 Å². The van der Waals surface area contributed by atoms with E-state index in [1.54, 1.807) is 18.6 Å². The maximum Gasteiger partial charge on any atom is 0.145 e. The van der Waals surface area contributed by atoms with Crippen molar-refractivity contribution < 1.29 is 0 Å². The first-order chi connectivity index (χ1) is 9.38. The lowest BCUT2D eigenvalue weighted by Gasteiger charge is -2.07. The molecule has 0 aliphatic heterocycles. The van der Waals surface area contributed by atoms with E-state index in [0.29, 0.717) is 0 Å². The molecule has 0 saturated heterocycles. The summed E-state index contributed by atoms with van der Waals surface area (Å²) in [4.78, 5) is 13.0. The summed E-state index contributed by atoms with van der Waals surface area (Å²) >= 11 is 0. The van der Waals surface area contributed by atoms with E-state index in [1.807, 2.05) is 31.3 Å². The Morgan fingerprint density at radius 3 is 2.89 bits per heavy atom. The first-order valence-electron chi connectivity index (χ1n) is 6.27. The van der Waals surface area contributed by atoms with E-state index in [1.165, 1.54) is 0 Å². The third-order valence-electron chi connectivity index (χ3n) is 2.95. The average Bonchev–Trinajstić information content (AvgIpc) is 2.47. The molecule has 0 amide bonds. The Morgan fingerprint density at radius 1 is 1.05 bits per heavy atom. The molecule has 0 spiro atoms. The van der Waals surface area contributed by atoms with Crippen LogP contribution in [0.15, 0.2) is 49.1 Å². The van der Waals surface area contributed by atoms with Crippen molar-refractivity contribution in [1.29, 1.82) is 0 Å². The summed E-state index contributed by atoms with van der Waals surface area (Å²) in [7, 11) is 0. The van der Waals surface area contributed by atoms with Crippen molar-refractivity contribution in [2.24, 2.45) is 0 Å². The fourth-order valence-corrected chi connectivity index (χ4v) is 2.10. The van der Waals surface area contributed by atoms with Crippen LogP contribution in [0.2, 0.25) is 0 Å². The third kappa shape index (κ3) is 2.25. The highest BCUT2D eigenvalue weighted by atomic mass is 15.0. The summed E-state index contributed by atoms with van der Waals surface area (Å²) in [6.07, 6.45) is 7.18. The van der Waals surface area contributed by atoms with Gasteiger partial charge < -0.3 is 5.32 Å². The molecule has 3 rings (SSSR count). The van der Waals surface area contributed by atoms with Gasteiger partial charge in [0.05, 0.1) is 18.1 Å². The van der Waals surface area contributed by atoms with Gasteiger partial charge in [-0.1, -0.05) is 18.2 Å². The molecule has 0 bridgehead atoms. The van der Waals surface area contributed by atoms with Crippen molar-refractivity contribution >= 4 is 16.6 Å². The highest BCUT2D eigenvalue weighted by molar-refractivity contribution is 5.95. The van der Waals surface area contributed by atoms with Crippen LogP contribution in [-0.2, 0) is 0 Å². The molecule has 0 fully saturated rings. The molecular formula is C15H14N4. The number of nitrogens with one attached hydrogen (secondary N) is 1. The fraction of sp³-hybridized carbons (Fsp3) is 0.133. The van der Waals surface area contributed by atoms with Crippen molar-refractivity contribution in [3.63, 3.8) is 0 Å². The molecule has 3 aromatic rings. The maximum absolute atomic E-state index is 4.58. The number of rotatable bonds is 3. The molecule has 0 atom stereocenters. The molecular weight excluding hydrogens is 236 g/mol. The largest absolute Gasteiger partial charge is 0.369 e. The minimum atomic E-state index is 0.792. The van der Waals surface area contributed by atoms with Crippen LogP contribution < -0.4 is 5.32 Å². The number of anilines is 1. The predicted octanol–water partition coefficient (Wildman–Crippen LogP) is 3.12. The number of pyridine rings is 1.